The molecule has 11 heteroatoms. The molecule has 0 spiro atoms. The number of rotatable bonds is 8. The number of hydrogen-bond donors (Lipinski definition) is 1. The van der Waals surface area contributed by atoms with Gasteiger partial charge in [-0.2, -0.15) is 0 Å². The van der Waals surface area contributed by atoms with E-state index in [1.54, 1.807) is 18.7 Å². The number of nitrogens with one attached hydrogen (secondary N) is 1. The van der Waals surface area contributed by atoms with Crippen LogP contribution in [0.4, 0.5) is 11.5 Å². The van der Waals surface area contributed by atoms with Gasteiger partial charge in [-0.05, 0) is 42.4 Å². The molecule has 1 N–H and O–H groups in total. The summed E-state index contributed by atoms with van der Waals surface area (Å²) in [6.45, 7) is 2.55. The molecule has 1 atom stereocenters. The fourth-order valence-electron chi connectivity index (χ4n) is 4.69. The maximum atomic E-state index is 6.40. The van der Waals surface area contributed by atoms with Crippen molar-refractivity contribution in [2.45, 2.75) is 12.8 Å². The third-order valence-corrected chi connectivity index (χ3v) is 7.51. The Morgan fingerprint density at radius 2 is 2.11 bits per heavy atom. The molecule has 1 fully saturated rings. The van der Waals surface area contributed by atoms with E-state index in [-0.39, 0.29) is 0 Å². The van der Waals surface area contributed by atoms with Crippen LogP contribution in [-0.4, -0.2) is 60.5 Å². The Kier molecular flexibility index (Phi) is 6.21. The van der Waals surface area contributed by atoms with Crippen LogP contribution in [0.2, 0.25) is 0 Å². The van der Waals surface area contributed by atoms with Gasteiger partial charge in [0.2, 0.25) is 4.96 Å². The zero-order valence-electron chi connectivity index (χ0n) is 20.9. The zero-order chi connectivity index (χ0) is 25.4. The van der Waals surface area contributed by atoms with Crippen molar-refractivity contribution in [1.29, 1.82) is 0 Å². The number of benzene rings is 1. The number of piperidine rings is 1. The molecule has 37 heavy (non-hydrogen) atoms. The summed E-state index contributed by atoms with van der Waals surface area (Å²) >= 11 is 1.37. The molecular formula is C26H28N6O4S. The van der Waals surface area contributed by atoms with E-state index in [1.807, 2.05) is 43.7 Å². The fourth-order valence-corrected chi connectivity index (χ4v) is 5.39. The van der Waals surface area contributed by atoms with Crippen LogP contribution in [0.1, 0.15) is 12.8 Å². The first kappa shape index (κ1) is 23.4. The molecule has 0 bridgehead atoms. The average molecular weight is 521 g/mol. The third-order valence-electron chi connectivity index (χ3n) is 6.62. The number of furan rings is 1. The van der Waals surface area contributed by atoms with E-state index in [1.165, 1.54) is 11.3 Å². The first-order valence-electron chi connectivity index (χ1n) is 12.2. The Balaban J connectivity index is 1.21. The maximum Gasteiger partial charge on any atom is 0.294 e. The minimum atomic E-state index is 0.395. The van der Waals surface area contributed by atoms with E-state index in [4.69, 9.17) is 18.6 Å². The van der Waals surface area contributed by atoms with Crippen LogP contribution in [0.3, 0.4) is 0 Å². The topological polar surface area (TPSA) is 99.2 Å². The molecule has 10 nitrogen and oxygen atoms in total. The number of methoxy groups -OCH3 is 2. The van der Waals surface area contributed by atoms with Gasteiger partial charge in [0.1, 0.15) is 28.6 Å². The molecule has 0 saturated carbocycles. The van der Waals surface area contributed by atoms with Crippen LogP contribution < -0.4 is 24.4 Å². The number of nitrogens with zero attached hydrogens (tertiary/aromatic N) is 5. The van der Waals surface area contributed by atoms with Gasteiger partial charge in [-0.3, -0.25) is 0 Å². The molecule has 5 aromatic rings. The van der Waals surface area contributed by atoms with Gasteiger partial charge >= 0.3 is 0 Å². The molecule has 1 aromatic carbocycles. The van der Waals surface area contributed by atoms with Crippen molar-refractivity contribution in [1.82, 2.24) is 19.6 Å². The summed E-state index contributed by atoms with van der Waals surface area (Å²) in [5.41, 5.74) is 2.52. The minimum absolute atomic E-state index is 0.395. The van der Waals surface area contributed by atoms with Crippen molar-refractivity contribution < 1.29 is 18.6 Å². The minimum Gasteiger partial charge on any atom is -0.496 e. The van der Waals surface area contributed by atoms with Crippen molar-refractivity contribution in [3.05, 3.63) is 42.7 Å². The van der Waals surface area contributed by atoms with E-state index in [9.17, 15) is 0 Å². The Labute approximate surface area is 217 Å². The quantitative estimate of drug-likeness (QED) is 0.304. The van der Waals surface area contributed by atoms with E-state index in [0.29, 0.717) is 40.5 Å². The molecule has 0 amide bonds. The molecule has 1 aliphatic heterocycles. The second kappa shape index (κ2) is 9.81. The molecule has 0 radical (unpaired) electrons. The van der Waals surface area contributed by atoms with Crippen LogP contribution in [0, 0.1) is 5.92 Å². The fraction of sp³-hybridized carbons (Fsp3) is 0.346. The Bertz CT molecular complexity index is 1490. The Morgan fingerprint density at radius 1 is 1.19 bits per heavy atom. The summed E-state index contributed by atoms with van der Waals surface area (Å²) in [6, 6.07) is 9.88. The Hall–Kier alpha value is -3.99. The number of anilines is 2. The smallest absolute Gasteiger partial charge is 0.294 e. The van der Waals surface area contributed by atoms with Gasteiger partial charge in [0, 0.05) is 38.2 Å². The highest BCUT2D eigenvalue weighted by Gasteiger charge is 2.23. The van der Waals surface area contributed by atoms with Crippen LogP contribution in [-0.2, 0) is 0 Å². The SMILES string of the molecule is CNc1ccc(N2CCCC(COc3cc(OC)cc4oc(-c5cn6nc(OC)sc6n5)cc34)C2)cn1. The van der Waals surface area contributed by atoms with E-state index >= 15 is 0 Å². The van der Waals surface area contributed by atoms with Gasteiger partial charge in [-0.25, -0.2) is 14.5 Å². The van der Waals surface area contributed by atoms with Crippen molar-refractivity contribution in [2.24, 2.45) is 5.92 Å². The number of ether oxygens (including phenoxy) is 3. The molecule has 192 valence electrons. The first-order valence-corrected chi connectivity index (χ1v) is 13.0. The summed E-state index contributed by atoms with van der Waals surface area (Å²) in [5, 5.41) is 8.87. The van der Waals surface area contributed by atoms with Crippen LogP contribution in [0.5, 0.6) is 16.7 Å². The standard InChI is InChI=1S/C26H28N6O4S/c1-27-24-7-6-17(12-28-24)31-8-4-5-16(13-31)15-35-21-9-18(33-2)10-22-19(21)11-23(36-22)20-14-32-25(29-20)37-26(30-32)34-3/h6-7,9-12,14,16H,4-5,8,13,15H2,1-3H3,(H,27,28). The number of imidazole rings is 1. The highest BCUT2D eigenvalue weighted by Crippen LogP contribution is 2.38. The summed E-state index contributed by atoms with van der Waals surface area (Å²) < 4.78 is 25.0. The second-order valence-electron chi connectivity index (χ2n) is 8.99. The van der Waals surface area contributed by atoms with Crippen LogP contribution in [0.25, 0.3) is 27.4 Å². The first-order chi connectivity index (χ1) is 18.1. The molecule has 6 rings (SSSR count). The van der Waals surface area contributed by atoms with Gasteiger partial charge in [0.25, 0.3) is 5.19 Å². The molecule has 1 unspecified atom stereocenters. The lowest BCUT2D eigenvalue weighted by Crippen LogP contribution is -2.37. The largest absolute Gasteiger partial charge is 0.496 e. The molecule has 1 saturated heterocycles. The average Bonchev–Trinajstić information content (AvgIpc) is 3.65. The lowest BCUT2D eigenvalue weighted by molar-refractivity contribution is 0.230. The summed E-state index contributed by atoms with van der Waals surface area (Å²) in [5.74, 6) is 3.33. The van der Waals surface area contributed by atoms with Crippen molar-refractivity contribution in [2.75, 3.05) is 51.2 Å². The van der Waals surface area contributed by atoms with Gasteiger partial charge in [0.05, 0.1) is 44.3 Å². The lowest BCUT2D eigenvalue weighted by atomic mass is 9.98. The highest BCUT2D eigenvalue weighted by atomic mass is 32.1. The molecule has 5 heterocycles. The molecular weight excluding hydrogens is 492 g/mol. The number of hydrogen-bond acceptors (Lipinski definition) is 10. The lowest BCUT2D eigenvalue weighted by Gasteiger charge is -2.34. The number of fused-ring (bicyclic) bond motifs is 2. The molecule has 1 aliphatic rings. The van der Waals surface area contributed by atoms with Crippen molar-refractivity contribution >= 4 is 38.8 Å². The van der Waals surface area contributed by atoms with Crippen molar-refractivity contribution in [3.63, 3.8) is 0 Å². The Morgan fingerprint density at radius 3 is 2.86 bits per heavy atom. The predicted octanol–water partition coefficient (Wildman–Crippen LogP) is 4.95. The maximum absolute atomic E-state index is 6.40. The normalized spacial score (nSPS) is 15.9. The van der Waals surface area contributed by atoms with Crippen LogP contribution >= 0.6 is 11.3 Å². The van der Waals surface area contributed by atoms with Gasteiger partial charge in [-0.15, -0.1) is 5.10 Å². The summed E-state index contributed by atoms with van der Waals surface area (Å²) in [6.07, 6.45) is 5.99. The summed E-state index contributed by atoms with van der Waals surface area (Å²) in [7, 11) is 5.11. The van der Waals surface area contributed by atoms with Gasteiger partial charge < -0.3 is 28.8 Å². The van der Waals surface area contributed by atoms with Gasteiger partial charge in [0.15, 0.2) is 5.76 Å². The third kappa shape index (κ3) is 4.62. The highest BCUT2D eigenvalue weighted by molar-refractivity contribution is 7.18. The van der Waals surface area contributed by atoms with E-state index < -0.39 is 0 Å². The van der Waals surface area contributed by atoms with E-state index in [2.05, 4.69) is 31.3 Å². The molecule has 0 aliphatic carbocycles. The second-order valence-corrected chi connectivity index (χ2v) is 9.91. The van der Waals surface area contributed by atoms with Gasteiger partial charge in [-0.1, -0.05) is 0 Å². The summed E-state index contributed by atoms with van der Waals surface area (Å²) in [4.78, 5) is 12.2. The number of pyridine rings is 1. The zero-order valence-corrected chi connectivity index (χ0v) is 21.7. The molecule has 4 aromatic heterocycles. The van der Waals surface area contributed by atoms with Crippen molar-refractivity contribution in [3.8, 4) is 28.1 Å². The monoisotopic (exact) mass is 520 g/mol. The van der Waals surface area contributed by atoms with E-state index in [0.717, 1.165) is 53.5 Å². The van der Waals surface area contributed by atoms with Crippen LogP contribution in [0.15, 0.2) is 47.1 Å². The number of aromatic nitrogens is 4. The predicted molar refractivity (Wildman–Crippen MR) is 143 cm³/mol.